The van der Waals surface area contributed by atoms with Gasteiger partial charge in [0.25, 0.3) is 0 Å². The van der Waals surface area contributed by atoms with E-state index in [9.17, 15) is 0 Å². The molecule has 0 fully saturated rings. The Kier molecular flexibility index (Phi) is 62.5. The van der Waals surface area contributed by atoms with Crippen LogP contribution in [0.25, 0.3) is 0 Å². The zero-order chi connectivity index (χ0) is 8.83. The molecule has 0 atom stereocenters. The average Bonchev–Trinajstić information content (AvgIpc) is 1.91. The average molecular weight is 176 g/mol. The molecule has 0 aliphatic rings. The van der Waals surface area contributed by atoms with E-state index in [2.05, 4.69) is 38.3 Å². The van der Waals surface area contributed by atoms with Crippen LogP contribution in [0.15, 0.2) is 0 Å². The molecule has 0 amide bonds. The van der Waals surface area contributed by atoms with Crippen molar-refractivity contribution in [3.8, 4) is 0 Å². The molecule has 0 bridgehead atoms. The molecule has 2 nitrogen and oxygen atoms in total. The Morgan fingerprint density at radius 2 is 1.10 bits per heavy atom. The molecule has 0 aromatic heterocycles. The van der Waals surface area contributed by atoms with Gasteiger partial charge in [-0.25, -0.2) is 10.8 Å². The SMILES string of the molecule is CCCC.N=C=S.N=C=S. The second-order valence-electron chi connectivity index (χ2n) is 1.20. The Hall–Kier alpha value is -0.400. The largest absolute Gasteiger partial charge is 0.248 e. The van der Waals surface area contributed by atoms with Gasteiger partial charge in [-0.15, -0.1) is 0 Å². The molecule has 2 N–H and O–H groups in total. The normalized spacial score (nSPS) is 4.60. The number of hydrogen-bond donors (Lipinski definition) is 2. The van der Waals surface area contributed by atoms with E-state index in [1.165, 1.54) is 12.8 Å². The quantitative estimate of drug-likeness (QED) is 0.476. The summed E-state index contributed by atoms with van der Waals surface area (Å²) in [6, 6.07) is 0. The van der Waals surface area contributed by atoms with Gasteiger partial charge in [0.15, 0.2) is 0 Å². The topological polar surface area (TPSA) is 47.7 Å². The van der Waals surface area contributed by atoms with Gasteiger partial charge in [0.05, 0.1) is 10.3 Å². The van der Waals surface area contributed by atoms with Crippen LogP contribution in [0.5, 0.6) is 0 Å². The van der Waals surface area contributed by atoms with Gasteiger partial charge in [-0.1, -0.05) is 26.7 Å². The number of thiocarbonyl (C=S) groups is 2. The molecule has 0 saturated heterocycles. The zero-order valence-electron chi connectivity index (χ0n) is 6.23. The third-order valence-corrected chi connectivity index (χ3v) is 0.500. The van der Waals surface area contributed by atoms with E-state index < -0.39 is 0 Å². The molecule has 0 radical (unpaired) electrons. The van der Waals surface area contributed by atoms with E-state index >= 15 is 0 Å². The number of rotatable bonds is 1. The van der Waals surface area contributed by atoms with Crippen LogP contribution < -0.4 is 0 Å². The van der Waals surface area contributed by atoms with Crippen LogP contribution >= 0.6 is 24.4 Å². The van der Waals surface area contributed by atoms with Crippen molar-refractivity contribution in [3.63, 3.8) is 0 Å². The first-order valence-electron chi connectivity index (χ1n) is 2.82. The maximum absolute atomic E-state index is 5.77. The van der Waals surface area contributed by atoms with Crippen molar-refractivity contribution in [2.75, 3.05) is 0 Å². The van der Waals surface area contributed by atoms with Gasteiger partial charge < -0.3 is 0 Å². The fourth-order valence-electron chi connectivity index (χ4n) is 0. The molecule has 0 aliphatic carbocycles. The van der Waals surface area contributed by atoms with Crippen molar-refractivity contribution >= 4 is 34.8 Å². The van der Waals surface area contributed by atoms with Crippen LogP contribution in [0.1, 0.15) is 26.7 Å². The first-order valence-corrected chi connectivity index (χ1v) is 3.64. The van der Waals surface area contributed by atoms with Gasteiger partial charge in [0, 0.05) is 0 Å². The lowest BCUT2D eigenvalue weighted by Gasteiger charge is -1.68. The highest BCUT2D eigenvalue weighted by atomic mass is 32.1. The van der Waals surface area contributed by atoms with Crippen LogP contribution in [0.4, 0.5) is 0 Å². The smallest absolute Gasteiger partial charge is 0.0554 e. The Bertz CT molecular complexity index is 86.3. The highest BCUT2D eigenvalue weighted by Gasteiger charge is 1.56. The molecule has 10 heavy (non-hydrogen) atoms. The second-order valence-corrected chi connectivity index (χ2v) is 1.61. The van der Waals surface area contributed by atoms with Gasteiger partial charge in [-0.3, -0.25) is 0 Å². The second kappa shape index (κ2) is 38.3. The minimum atomic E-state index is 1.32. The lowest BCUT2D eigenvalue weighted by Crippen LogP contribution is -1.47. The molecule has 58 valence electrons. The molecule has 0 rings (SSSR count). The summed E-state index contributed by atoms with van der Waals surface area (Å²) in [6.45, 7) is 4.36. The van der Waals surface area contributed by atoms with Crippen molar-refractivity contribution in [1.82, 2.24) is 0 Å². The monoisotopic (exact) mass is 176 g/mol. The van der Waals surface area contributed by atoms with Crippen molar-refractivity contribution in [2.45, 2.75) is 26.7 Å². The molecule has 0 aromatic carbocycles. The molecule has 0 unspecified atom stereocenters. The van der Waals surface area contributed by atoms with Gasteiger partial charge >= 0.3 is 0 Å². The first kappa shape index (κ1) is 16.3. The van der Waals surface area contributed by atoms with Crippen molar-refractivity contribution in [3.05, 3.63) is 0 Å². The molecular formula is C6H12N2S2. The number of unbranched alkanes of at least 4 members (excludes halogenated alkanes) is 1. The Labute approximate surface area is 72.7 Å². The summed E-state index contributed by atoms with van der Waals surface area (Å²) < 4.78 is 0. The van der Waals surface area contributed by atoms with E-state index in [0.717, 1.165) is 0 Å². The molecule has 0 spiro atoms. The summed E-state index contributed by atoms with van der Waals surface area (Å²) in [5, 5.41) is 14.7. The number of nitrogens with one attached hydrogen (secondary N) is 2. The van der Waals surface area contributed by atoms with Crippen LogP contribution in [-0.2, 0) is 0 Å². The predicted molar refractivity (Wildman–Crippen MR) is 51.2 cm³/mol. The van der Waals surface area contributed by atoms with Crippen molar-refractivity contribution < 1.29 is 0 Å². The van der Waals surface area contributed by atoms with E-state index in [4.69, 9.17) is 10.8 Å². The third kappa shape index (κ3) is 920. The Morgan fingerprint density at radius 3 is 1.10 bits per heavy atom. The zero-order valence-corrected chi connectivity index (χ0v) is 7.86. The van der Waals surface area contributed by atoms with Crippen LogP contribution in [-0.4, -0.2) is 10.3 Å². The minimum Gasteiger partial charge on any atom is -0.248 e. The highest BCUT2D eigenvalue weighted by Crippen LogP contribution is 1.76. The van der Waals surface area contributed by atoms with Crippen molar-refractivity contribution in [1.29, 1.82) is 10.8 Å². The predicted octanol–water partition coefficient (Wildman–Crippen LogP) is 3.14. The summed E-state index contributed by atoms with van der Waals surface area (Å²) in [6.07, 6.45) is 2.64. The van der Waals surface area contributed by atoms with Gasteiger partial charge in [-0.05, 0) is 24.4 Å². The summed E-state index contributed by atoms with van der Waals surface area (Å²) in [7, 11) is 0. The van der Waals surface area contributed by atoms with Crippen molar-refractivity contribution in [2.24, 2.45) is 0 Å². The van der Waals surface area contributed by atoms with Crippen LogP contribution in [0.2, 0.25) is 0 Å². The maximum atomic E-state index is 5.77. The molecule has 4 heteroatoms. The van der Waals surface area contributed by atoms with Crippen LogP contribution in [0.3, 0.4) is 0 Å². The lowest BCUT2D eigenvalue weighted by atomic mass is 10.4. The maximum Gasteiger partial charge on any atom is 0.0554 e. The van der Waals surface area contributed by atoms with Gasteiger partial charge in [-0.2, -0.15) is 0 Å². The van der Waals surface area contributed by atoms with E-state index in [0.29, 0.717) is 0 Å². The number of isothiocyanates is 2. The van der Waals surface area contributed by atoms with Gasteiger partial charge in [0.2, 0.25) is 0 Å². The van der Waals surface area contributed by atoms with E-state index in [1.54, 1.807) is 10.3 Å². The standard InChI is InChI=1S/C4H10.2CHNS/c1-3-4-2;2*2-1-3/h3-4H2,1-2H3;2*2H. The molecule has 0 saturated carbocycles. The summed E-state index contributed by atoms with van der Waals surface area (Å²) in [4.78, 5) is 0. The number of hydrogen-bond acceptors (Lipinski definition) is 4. The minimum absolute atomic E-state index is 1.32. The Morgan fingerprint density at radius 1 is 1.00 bits per heavy atom. The molecule has 0 heterocycles. The highest BCUT2D eigenvalue weighted by molar-refractivity contribution is 7.78. The van der Waals surface area contributed by atoms with Gasteiger partial charge in [0.1, 0.15) is 0 Å². The first-order chi connectivity index (χ1) is 4.74. The lowest BCUT2D eigenvalue weighted by molar-refractivity contribution is 0.886. The summed E-state index contributed by atoms with van der Waals surface area (Å²) in [5.74, 6) is 0. The molecule has 0 aromatic rings. The Balaban J connectivity index is -0.0000000750. The van der Waals surface area contributed by atoms with E-state index in [1.807, 2.05) is 0 Å². The van der Waals surface area contributed by atoms with E-state index in [-0.39, 0.29) is 0 Å². The van der Waals surface area contributed by atoms with Crippen LogP contribution in [0, 0.1) is 10.8 Å². The fourth-order valence-corrected chi connectivity index (χ4v) is 0. The third-order valence-electron chi connectivity index (χ3n) is 0.500. The summed E-state index contributed by atoms with van der Waals surface area (Å²) >= 11 is 7.62. The molecular weight excluding hydrogens is 164 g/mol. The molecule has 0 aliphatic heterocycles. The summed E-state index contributed by atoms with van der Waals surface area (Å²) in [5.41, 5.74) is 0. The fraction of sp³-hybridized carbons (Fsp3) is 0.667.